The van der Waals surface area contributed by atoms with Crippen molar-refractivity contribution in [1.82, 2.24) is 36.4 Å². The van der Waals surface area contributed by atoms with Gasteiger partial charge in [0.05, 0.1) is 43.7 Å². The standard InChI is InChI=1S/C41H64N8O16/c1-18-16-49-32(33(18)56)37(60)43-15-21(51)13-23(44-40(63)65-41(3,4)5)34(57)45-29(19(2)50)38(61)48-17-22(52)14-24(48)35(58)46-30(36(59)47-31(39(49)62)26(54)9-10-42)27(55)11-20-7-8-25(53)28(12-20)64-6/h7-8,12,18-19,21-24,26-27,29-33,50-56H,9-11,13-17,42H2,1-6H3,(H,43,60)(H,44,63)(H,45,57)(H,46,58)(H,47,59)/t18-,19+,21+,22+,23+,24-,26+,27+,29-,30-,31-,32-,33-/m0/s1. The molecule has 0 unspecified atom stereocenters. The molecule has 65 heavy (non-hydrogen) atoms. The highest BCUT2D eigenvalue weighted by Crippen LogP contribution is 2.28. The molecule has 4 rings (SSSR count). The molecule has 13 atom stereocenters. The zero-order valence-electron chi connectivity index (χ0n) is 37.2. The summed E-state index contributed by atoms with van der Waals surface area (Å²) in [5, 5.41) is 88.8. The summed E-state index contributed by atoms with van der Waals surface area (Å²) >= 11 is 0. The summed E-state index contributed by atoms with van der Waals surface area (Å²) in [5.41, 5.74) is 4.95. The van der Waals surface area contributed by atoms with E-state index in [1.54, 1.807) is 20.8 Å². The molecule has 0 radical (unpaired) electrons. The average molecular weight is 925 g/mol. The largest absolute Gasteiger partial charge is 0.504 e. The predicted octanol–water partition coefficient (Wildman–Crippen LogP) is -5.21. The molecule has 0 bridgehead atoms. The first-order chi connectivity index (χ1) is 30.4. The first-order valence-electron chi connectivity index (χ1n) is 21.3. The Labute approximate surface area is 375 Å². The smallest absolute Gasteiger partial charge is 0.408 e. The Balaban J connectivity index is 1.83. The number of alkyl carbamates (subject to hydrolysis) is 1. The van der Waals surface area contributed by atoms with Crippen molar-refractivity contribution in [3.8, 4) is 11.5 Å². The number of nitrogens with two attached hydrogens (primary N) is 1. The van der Waals surface area contributed by atoms with Crippen LogP contribution in [0.4, 0.5) is 4.79 Å². The third-order valence-corrected chi connectivity index (χ3v) is 11.3. The van der Waals surface area contributed by atoms with Crippen molar-refractivity contribution in [1.29, 1.82) is 0 Å². The normalized spacial score (nSPS) is 30.4. The van der Waals surface area contributed by atoms with Gasteiger partial charge in [-0.2, -0.15) is 0 Å². The minimum absolute atomic E-state index is 0.00148. The highest BCUT2D eigenvalue weighted by Gasteiger charge is 2.49. The monoisotopic (exact) mass is 924 g/mol. The zero-order valence-corrected chi connectivity index (χ0v) is 37.2. The number of β-amino-alcohol motifs (C(OH)–C–C–N with tert-alkyl or cyclic N) is 1. The van der Waals surface area contributed by atoms with Crippen molar-refractivity contribution >= 4 is 41.5 Å². The number of nitrogens with zero attached hydrogens (tertiary/aromatic N) is 2. The van der Waals surface area contributed by atoms with Gasteiger partial charge < -0.3 is 87.3 Å². The predicted molar refractivity (Wildman–Crippen MR) is 225 cm³/mol. The number of hydrogen-bond donors (Lipinski definition) is 13. The maximum atomic E-state index is 14.4. The lowest BCUT2D eigenvalue weighted by Crippen LogP contribution is -2.64. The molecule has 1 aromatic carbocycles. The Hall–Kier alpha value is -5.37. The lowest BCUT2D eigenvalue weighted by Gasteiger charge is -2.34. The number of ether oxygens (including phenoxy) is 2. The van der Waals surface area contributed by atoms with Crippen molar-refractivity contribution in [2.24, 2.45) is 11.7 Å². The quantitative estimate of drug-likeness (QED) is 0.110. The van der Waals surface area contributed by atoms with Gasteiger partial charge in [-0.1, -0.05) is 13.0 Å². The van der Waals surface area contributed by atoms with E-state index in [2.05, 4.69) is 26.6 Å². The average Bonchev–Trinajstić information content (AvgIpc) is 3.76. The van der Waals surface area contributed by atoms with Gasteiger partial charge in [0.25, 0.3) is 0 Å². The summed E-state index contributed by atoms with van der Waals surface area (Å²) in [7, 11) is 1.27. The van der Waals surface area contributed by atoms with Crippen molar-refractivity contribution in [2.45, 2.75) is 139 Å². The fraction of sp³-hybridized carbons (Fsp3) is 0.683. The van der Waals surface area contributed by atoms with Crippen LogP contribution in [-0.2, 0) is 39.9 Å². The number of carbonyl (C=O) groups excluding carboxylic acids is 7. The molecule has 3 aliphatic rings. The van der Waals surface area contributed by atoms with Gasteiger partial charge in [0, 0.05) is 44.8 Å². The Morgan fingerprint density at radius 1 is 0.862 bits per heavy atom. The van der Waals surface area contributed by atoms with Gasteiger partial charge in [0.15, 0.2) is 11.5 Å². The van der Waals surface area contributed by atoms with Crippen LogP contribution in [0.2, 0.25) is 0 Å². The number of carbonyl (C=O) groups is 7. The summed E-state index contributed by atoms with van der Waals surface area (Å²) in [6.07, 6.45) is -12.6. The number of methoxy groups -OCH3 is 1. The molecule has 24 heteroatoms. The summed E-state index contributed by atoms with van der Waals surface area (Å²) in [6, 6.07) is -6.73. The number of aromatic hydroxyl groups is 1. The van der Waals surface area contributed by atoms with E-state index >= 15 is 0 Å². The molecule has 3 heterocycles. The fourth-order valence-electron chi connectivity index (χ4n) is 7.91. The van der Waals surface area contributed by atoms with Gasteiger partial charge in [0.2, 0.25) is 35.4 Å². The minimum Gasteiger partial charge on any atom is -0.504 e. The molecular weight excluding hydrogens is 860 g/mol. The number of fused-ring (bicyclic) bond motifs is 2. The number of rotatable bonds is 9. The van der Waals surface area contributed by atoms with E-state index < -0.39 is 158 Å². The molecular formula is C41H64N8O16. The van der Waals surface area contributed by atoms with Crippen molar-refractivity contribution in [3.63, 3.8) is 0 Å². The van der Waals surface area contributed by atoms with Gasteiger partial charge in [-0.05, 0) is 58.4 Å². The van der Waals surface area contributed by atoms with E-state index in [9.17, 15) is 69.3 Å². The lowest BCUT2D eigenvalue weighted by atomic mass is 9.98. The van der Waals surface area contributed by atoms with E-state index in [1.165, 1.54) is 32.2 Å². The molecule has 364 valence electrons. The van der Waals surface area contributed by atoms with Crippen LogP contribution >= 0.6 is 0 Å². The number of aliphatic hydroxyl groups is 6. The molecule has 7 amide bonds. The highest BCUT2D eigenvalue weighted by molar-refractivity contribution is 5.98. The van der Waals surface area contributed by atoms with Gasteiger partial charge in [-0.3, -0.25) is 28.8 Å². The SMILES string of the molecule is COc1cc(C[C@@H](O)[C@@H]2NC(=O)[C@@H]3C[C@@H](O)CN3C(=O)[C@H]([C@@H](C)O)NC(=O)[C@H](NC(=O)OC(C)(C)C)C[C@@H](O)CNC(=O)[C@@H]3[C@@H](O)[C@@H](C)CN3C(=O)[C@H]([C@H](O)CCN)NC2=O)ccc1O. The molecule has 1 aromatic rings. The minimum atomic E-state index is -2.00. The van der Waals surface area contributed by atoms with Gasteiger partial charge >= 0.3 is 6.09 Å². The Kier molecular flexibility index (Phi) is 17.9. The fourth-order valence-corrected chi connectivity index (χ4v) is 7.91. The van der Waals surface area contributed by atoms with Crippen LogP contribution in [0.1, 0.15) is 59.4 Å². The summed E-state index contributed by atoms with van der Waals surface area (Å²) in [5.74, 6) is -7.65. The van der Waals surface area contributed by atoms with Crippen molar-refractivity contribution < 1.29 is 78.8 Å². The molecule has 3 saturated heterocycles. The molecule has 24 nitrogen and oxygen atoms in total. The molecule has 0 saturated carbocycles. The topological polar surface area (TPSA) is 372 Å². The third kappa shape index (κ3) is 13.4. The van der Waals surface area contributed by atoms with Crippen LogP contribution in [-0.4, -0.2) is 199 Å². The van der Waals surface area contributed by atoms with E-state index in [0.717, 1.165) is 16.7 Å². The van der Waals surface area contributed by atoms with E-state index in [4.69, 9.17) is 15.2 Å². The van der Waals surface area contributed by atoms with Crippen LogP contribution in [0.15, 0.2) is 18.2 Å². The maximum absolute atomic E-state index is 14.4. The van der Waals surface area contributed by atoms with Crippen molar-refractivity contribution in [2.75, 3.05) is 33.3 Å². The molecule has 0 aliphatic carbocycles. The van der Waals surface area contributed by atoms with Crippen molar-refractivity contribution in [3.05, 3.63) is 23.8 Å². The van der Waals surface area contributed by atoms with E-state index in [0.29, 0.717) is 0 Å². The maximum Gasteiger partial charge on any atom is 0.408 e. The number of nitrogens with one attached hydrogen (secondary N) is 5. The molecule has 0 spiro atoms. The first-order valence-corrected chi connectivity index (χ1v) is 21.3. The van der Waals surface area contributed by atoms with Gasteiger partial charge in [-0.25, -0.2) is 4.79 Å². The van der Waals surface area contributed by atoms with Crippen LogP contribution in [0.5, 0.6) is 11.5 Å². The van der Waals surface area contributed by atoms with Gasteiger partial charge in [0.1, 0.15) is 41.9 Å². The lowest BCUT2D eigenvalue weighted by molar-refractivity contribution is -0.147. The molecule has 3 fully saturated rings. The van der Waals surface area contributed by atoms with E-state index in [1.807, 2.05) is 0 Å². The van der Waals surface area contributed by atoms with Crippen LogP contribution in [0.3, 0.4) is 0 Å². The second-order valence-corrected chi connectivity index (χ2v) is 17.8. The second-order valence-electron chi connectivity index (χ2n) is 17.8. The van der Waals surface area contributed by atoms with E-state index in [-0.39, 0.29) is 36.6 Å². The molecule has 0 aromatic heterocycles. The van der Waals surface area contributed by atoms with Crippen LogP contribution in [0, 0.1) is 5.92 Å². The Bertz CT molecular complexity index is 1900. The third-order valence-electron chi connectivity index (χ3n) is 11.3. The highest BCUT2D eigenvalue weighted by atomic mass is 16.6. The number of hydrogen-bond acceptors (Lipinski definition) is 17. The molecule has 3 aliphatic heterocycles. The van der Waals surface area contributed by atoms with Gasteiger partial charge in [-0.15, -0.1) is 0 Å². The van der Waals surface area contributed by atoms with Crippen LogP contribution in [0.25, 0.3) is 0 Å². The molecule has 14 N–H and O–H groups in total. The Morgan fingerprint density at radius 2 is 1.49 bits per heavy atom. The number of amides is 7. The number of phenolic OH excluding ortho intramolecular Hbond substituents is 1. The number of aliphatic hydroxyl groups excluding tert-OH is 6. The zero-order chi connectivity index (χ0) is 48.7. The summed E-state index contributed by atoms with van der Waals surface area (Å²) < 4.78 is 10.4. The second kappa shape index (κ2) is 22.2. The first kappa shape index (κ1) is 52.3. The number of benzene rings is 1. The Morgan fingerprint density at radius 3 is 2.11 bits per heavy atom. The summed E-state index contributed by atoms with van der Waals surface area (Å²) in [4.78, 5) is 99.6. The number of phenols is 1. The summed E-state index contributed by atoms with van der Waals surface area (Å²) in [6.45, 7) is 5.70. The van der Waals surface area contributed by atoms with Crippen LogP contribution < -0.4 is 37.1 Å².